The monoisotopic (exact) mass is 230 g/mol. The molecule has 0 aromatic heterocycles. The first kappa shape index (κ1) is 13.1. The smallest absolute Gasteiger partial charge is 0.126 e. The Labute approximate surface area is 93.9 Å². The lowest BCUT2D eigenvalue weighted by molar-refractivity contribution is 0.0887. The van der Waals surface area contributed by atoms with Crippen LogP contribution in [0.5, 0.6) is 0 Å². The van der Waals surface area contributed by atoms with Gasteiger partial charge in [-0.25, -0.2) is 8.78 Å². The summed E-state index contributed by atoms with van der Waals surface area (Å²) in [7, 11) is 0. The highest BCUT2D eigenvalue weighted by molar-refractivity contribution is 5.18. The van der Waals surface area contributed by atoms with Gasteiger partial charge in [-0.3, -0.25) is 0 Å². The van der Waals surface area contributed by atoms with Crippen LogP contribution < -0.4 is 0 Å². The van der Waals surface area contributed by atoms with Gasteiger partial charge in [0.1, 0.15) is 11.6 Å². The third-order valence-electron chi connectivity index (χ3n) is 2.19. The Bertz CT molecular complexity index is 309. The molecule has 1 atom stereocenters. The average Bonchev–Trinajstić information content (AvgIpc) is 2.16. The van der Waals surface area contributed by atoms with Crippen LogP contribution >= 0.6 is 0 Å². The SMILES string of the molecule is CCOCCC(O)Cc1cc(F)cc(F)c1. The van der Waals surface area contributed by atoms with Crippen LogP contribution in [0.3, 0.4) is 0 Å². The number of hydrogen-bond acceptors (Lipinski definition) is 2. The molecule has 4 heteroatoms. The van der Waals surface area contributed by atoms with E-state index in [1.807, 2.05) is 6.92 Å². The molecule has 0 bridgehead atoms. The molecule has 0 heterocycles. The lowest BCUT2D eigenvalue weighted by Gasteiger charge is -2.10. The van der Waals surface area contributed by atoms with E-state index in [1.54, 1.807) is 0 Å². The Morgan fingerprint density at radius 2 is 1.88 bits per heavy atom. The van der Waals surface area contributed by atoms with Crippen LogP contribution in [0.4, 0.5) is 8.78 Å². The maximum Gasteiger partial charge on any atom is 0.126 e. The molecular weight excluding hydrogens is 214 g/mol. The van der Waals surface area contributed by atoms with Crippen molar-refractivity contribution >= 4 is 0 Å². The minimum Gasteiger partial charge on any atom is -0.393 e. The second kappa shape index (κ2) is 6.55. The van der Waals surface area contributed by atoms with Crippen molar-refractivity contribution in [2.45, 2.75) is 25.9 Å². The van der Waals surface area contributed by atoms with E-state index in [-0.39, 0.29) is 6.42 Å². The maximum absolute atomic E-state index is 12.8. The van der Waals surface area contributed by atoms with Crippen molar-refractivity contribution in [3.05, 3.63) is 35.4 Å². The third-order valence-corrected chi connectivity index (χ3v) is 2.19. The van der Waals surface area contributed by atoms with Crippen molar-refractivity contribution in [2.24, 2.45) is 0 Å². The van der Waals surface area contributed by atoms with E-state index in [2.05, 4.69) is 0 Å². The maximum atomic E-state index is 12.8. The van der Waals surface area contributed by atoms with Crippen molar-refractivity contribution in [1.82, 2.24) is 0 Å². The highest BCUT2D eigenvalue weighted by Crippen LogP contribution is 2.11. The molecule has 0 radical (unpaired) electrons. The number of ether oxygens (including phenoxy) is 1. The number of aliphatic hydroxyl groups is 1. The van der Waals surface area contributed by atoms with Gasteiger partial charge in [0.05, 0.1) is 6.10 Å². The van der Waals surface area contributed by atoms with Crippen LogP contribution in [-0.4, -0.2) is 24.4 Å². The minimum absolute atomic E-state index is 0.238. The molecule has 1 N–H and O–H groups in total. The fourth-order valence-corrected chi connectivity index (χ4v) is 1.47. The van der Waals surface area contributed by atoms with E-state index in [9.17, 15) is 13.9 Å². The topological polar surface area (TPSA) is 29.5 Å². The summed E-state index contributed by atoms with van der Waals surface area (Å²) in [6, 6.07) is 3.27. The second-order valence-electron chi connectivity index (χ2n) is 3.62. The van der Waals surface area contributed by atoms with Gasteiger partial charge in [0.15, 0.2) is 0 Å². The van der Waals surface area contributed by atoms with Gasteiger partial charge < -0.3 is 9.84 Å². The number of aliphatic hydroxyl groups excluding tert-OH is 1. The predicted octanol–water partition coefficient (Wildman–Crippen LogP) is 2.29. The molecule has 90 valence electrons. The van der Waals surface area contributed by atoms with Crippen LogP contribution in [0.25, 0.3) is 0 Å². The summed E-state index contributed by atoms with van der Waals surface area (Å²) < 4.78 is 30.8. The summed E-state index contributed by atoms with van der Waals surface area (Å²) in [5.74, 6) is -1.24. The molecule has 16 heavy (non-hydrogen) atoms. The van der Waals surface area contributed by atoms with Gasteiger partial charge in [0.2, 0.25) is 0 Å². The summed E-state index contributed by atoms with van der Waals surface area (Å²) in [4.78, 5) is 0. The van der Waals surface area contributed by atoms with E-state index in [1.165, 1.54) is 12.1 Å². The molecule has 0 amide bonds. The summed E-state index contributed by atoms with van der Waals surface area (Å²) in [5.41, 5.74) is 0.460. The molecule has 0 saturated heterocycles. The summed E-state index contributed by atoms with van der Waals surface area (Å²) >= 11 is 0. The van der Waals surface area contributed by atoms with Crippen molar-refractivity contribution in [3.8, 4) is 0 Å². The van der Waals surface area contributed by atoms with E-state index in [4.69, 9.17) is 4.74 Å². The van der Waals surface area contributed by atoms with Gasteiger partial charge in [0, 0.05) is 19.3 Å². The molecule has 0 fully saturated rings. The van der Waals surface area contributed by atoms with E-state index < -0.39 is 17.7 Å². The molecule has 0 spiro atoms. The summed E-state index contributed by atoms with van der Waals surface area (Å²) in [6.07, 6.45) is 0.0704. The lowest BCUT2D eigenvalue weighted by atomic mass is 10.1. The Morgan fingerprint density at radius 1 is 1.25 bits per heavy atom. The zero-order valence-corrected chi connectivity index (χ0v) is 9.25. The van der Waals surface area contributed by atoms with Gasteiger partial charge in [-0.2, -0.15) is 0 Å². The highest BCUT2D eigenvalue weighted by atomic mass is 19.1. The number of rotatable bonds is 6. The second-order valence-corrected chi connectivity index (χ2v) is 3.62. The van der Waals surface area contributed by atoms with Gasteiger partial charge in [-0.15, -0.1) is 0 Å². The Kier molecular flexibility index (Phi) is 5.35. The molecule has 2 nitrogen and oxygen atoms in total. The molecule has 0 aliphatic rings. The molecule has 1 aromatic carbocycles. The van der Waals surface area contributed by atoms with Crippen LogP contribution in [0, 0.1) is 11.6 Å². The van der Waals surface area contributed by atoms with Crippen molar-refractivity contribution in [2.75, 3.05) is 13.2 Å². The van der Waals surface area contributed by atoms with Gasteiger partial charge in [0.25, 0.3) is 0 Å². The number of hydrogen-bond donors (Lipinski definition) is 1. The highest BCUT2D eigenvalue weighted by Gasteiger charge is 2.07. The number of benzene rings is 1. The Balaban J connectivity index is 2.45. The first-order chi connectivity index (χ1) is 7.61. The summed E-state index contributed by atoms with van der Waals surface area (Å²) in [6.45, 7) is 2.92. The Morgan fingerprint density at radius 3 is 2.44 bits per heavy atom. The fourth-order valence-electron chi connectivity index (χ4n) is 1.47. The lowest BCUT2D eigenvalue weighted by Crippen LogP contribution is -2.14. The van der Waals surface area contributed by atoms with Crippen LogP contribution in [0.2, 0.25) is 0 Å². The van der Waals surface area contributed by atoms with E-state index in [0.29, 0.717) is 25.2 Å². The van der Waals surface area contributed by atoms with Crippen molar-refractivity contribution in [1.29, 1.82) is 0 Å². The van der Waals surface area contributed by atoms with Gasteiger partial charge in [-0.05, 0) is 37.5 Å². The molecule has 1 aromatic rings. The van der Waals surface area contributed by atoms with Crippen LogP contribution in [0.15, 0.2) is 18.2 Å². The molecular formula is C12H16F2O2. The van der Waals surface area contributed by atoms with Crippen LogP contribution in [0.1, 0.15) is 18.9 Å². The Hall–Kier alpha value is -1.00. The zero-order chi connectivity index (χ0) is 12.0. The molecule has 0 aliphatic carbocycles. The first-order valence-corrected chi connectivity index (χ1v) is 5.32. The molecule has 0 aliphatic heterocycles. The minimum atomic E-state index is -0.632. The van der Waals surface area contributed by atoms with E-state index >= 15 is 0 Å². The normalized spacial score (nSPS) is 12.8. The third kappa shape index (κ3) is 4.68. The largest absolute Gasteiger partial charge is 0.393 e. The first-order valence-electron chi connectivity index (χ1n) is 5.32. The van der Waals surface area contributed by atoms with E-state index in [0.717, 1.165) is 6.07 Å². The fraction of sp³-hybridized carbons (Fsp3) is 0.500. The average molecular weight is 230 g/mol. The summed E-state index contributed by atoms with van der Waals surface area (Å²) in [5, 5.41) is 9.59. The molecule has 1 unspecified atom stereocenters. The van der Waals surface area contributed by atoms with Crippen molar-refractivity contribution < 1.29 is 18.6 Å². The zero-order valence-electron chi connectivity index (χ0n) is 9.25. The molecule has 1 rings (SSSR count). The predicted molar refractivity (Wildman–Crippen MR) is 57.2 cm³/mol. The van der Waals surface area contributed by atoms with Crippen LogP contribution in [-0.2, 0) is 11.2 Å². The van der Waals surface area contributed by atoms with Gasteiger partial charge >= 0.3 is 0 Å². The quantitative estimate of drug-likeness (QED) is 0.760. The van der Waals surface area contributed by atoms with Gasteiger partial charge in [-0.1, -0.05) is 0 Å². The molecule has 0 saturated carbocycles. The number of halogens is 2. The standard InChI is InChI=1S/C12H16F2O2/c1-2-16-4-3-12(15)7-9-5-10(13)8-11(14)6-9/h5-6,8,12,15H,2-4,7H2,1H3. The van der Waals surface area contributed by atoms with Crippen molar-refractivity contribution in [3.63, 3.8) is 0 Å².